The molecule has 0 fully saturated rings. The third kappa shape index (κ3) is 8.73. The molecule has 0 saturated carbocycles. The molecule has 30 heavy (non-hydrogen) atoms. The molecule has 0 radical (unpaired) electrons. The number of ether oxygens (including phenoxy) is 2. The van der Waals surface area contributed by atoms with Crippen molar-refractivity contribution in [2.75, 3.05) is 0 Å². The summed E-state index contributed by atoms with van der Waals surface area (Å²) in [6.07, 6.45) is 10.8. The molecule has 0 aliphatic heterocycles. The molecule has 2 nitrogen and oxygen atoms in total. The lowest BCUT2D eigenvalue weighted by molar-refractivity contribution is -0.00245. The second kappa shape index (κ2) is 13.5. The highest BCUT2D eigenvalue weighted by atomic mass is 16.7. The molecule has 0 aromatic heterocycles. The lowest BCUT2D eigenvalue weighted by Gasteiger charge is -2.20. The minimum absolute atomic E-state index is 0.249. The third-order valence-corrected chi connectivity index (χ3v) is 5.27. The van der Waals surface area contributed by atoms with Crippen LogP contribution in [0.5, 0.6) is 11.5 Å². The van der Waals surface area contributed by atoms with Crippen molar-refractivity contribution in [1.82, 2.24) is 0 Å². The smallest absolute Gasteiger partial charge is 0.241 e. The van der Waals surface area contributed by atoms with Gasteiger partial charge in [0.15, 0.2) is 0 Å². The average molecular weight is 403 g/mol. The van der Waals surface area contributed by atoms with Gasteiger partial charge in [0.2, 0.25) is 6.29 Å². The van der Waals surface area contributed by atoms with Gasteiger partial charge in [-0.1, -0.05) is 98.8 Å². The first-order chi connectivity index (χ1) is 14.9. The predicted octanol–water partition coefficient (Wildman–Crippen LogP) is 7.83. The predicted molar refractivity (Wildman–Crippen MR) is 125 cm³/mol. The van der Waals surface area contributed by atoms with E-state index in [0.717, 1.165) is 24.3 Å². The van der Waals surface area contributed by atoms with Crippen molar-refractivity contribution in [2.24, 2.45) is 0 Å². The summed E-state index contributed by atoms with van der Waals surface area (Å²) >= 11 is 0. The molecular weight excluding hydrogens is 368 g/mol. The number of rotatable bonds is 14. The van der Waals surface area contributed by atoms with Gasteiger partial charge >= 0.3 is 0 Å². The van der Waals surface area contributed by atoms with Gasteiger partial charge in [0.05, 0.1) is 0 Å². The summed E-state index contributed by atoms with van der Waals surface area (Å²) in [5.74, 6) is 1.72. The Morgan fingerprint density at radius 2 is 0.900 bits per heavy atom. The standard InChI is InChI=1S/C28H34O2/c1(2-4-9-17-25-18-10-6-11-19-25)3-5-16-24-28(29-26-20-12-7-13-21-26)30-27-22-14-8-15-23-27/h6-8,10-15,18-23,28H,1-5,9,16-17,24H2. The van der Waals surface area contributed by atoms with Crippen molar-refractivity contribution in [2.45, 2.75) is 64.1 Å². The first-order valence-corrected chi connectivity index (χ1v) is 11.4. The van der Waals surface area contributed by atoms with Crippen LogP contribution in [-0.2, 0) is 6.42 Å². The van der Waals surface area contributed by atoms with Crippen LogP contribution in [0, 0.1) is 0 Å². The fourth-order valence-electron chi connectivity index (χ4n) is 3.61. The molecule has 0 amide bonds. The number of benzene rings is 3. The highest BCUT2D eigenvalue weighted by molar-refractivity contribution is 5.23. The molecule has 0 aliphatic rings. The maximum atomic E-state index is 6.10. The van der Waals surface area contributed by atoms with Gasteiger partial charge in [-0.15, -0.1) is 0 Å². The van der Waals surface area contributed by atoms with Crippen LogP contribution in [0.2, 0.25) is 0 Å². The van der Waals surface area contributed by atoms with Crippen LogP contribution in [0.4, 0.5) is 0 Å². The van der Waals surface area contributed by atoms with Gasteiger partial charge in [-0.05, 0) is 49.1 Å². The molecule has 0 aliphatic carbocycles. The molecule has 0 atom stereocenters. The molecule has 0 unspecified atom stereocenters. The van der Waals surface area contributed by atoms with E-state index in [1.807, 2.05) is 60.7 Å². The molecule has 0 saturated heterocycles. The van der Waals surface area contributed by atoms with E-state index < -0.39 is 0 Å². The summed E-state index contributed by atoms with van der Waals surface area (Å²) in [5.41, 5.74) is 1.46. The highest BCUT2D eigenvalue weighted by Gasteiger charge is 2.12. The quantitative estimate of drug-likeness (QED) is 0.202. The summed E-state index contributed by atoms with van der Waals surface area (Å²) in [7, 11) is 0. The van der Waals surface area contributed by atoms with E-state index in [9.17, 15) is 0 Å². The van der Waals surface area contributed by atoms with Crippen molar-refractivity contribution >= 4 is 0 Å². The average Bonchev–Trinajstić information content (AvgIpc) is 2.80. The van der Waals surface area contributed by atoms with Gasteiger partial charge < -0.3 is 9.47 Å². The topological polar surface area (TPSA) is 18.5 Å². The molecule has 158 valence electrons. The molecular formula is C28H34O2. The molecule has 0 N–H and O–H groups in total. The first kappa shape index (κ1) is 22.0. The lowest BCUT2D eigenvalue weighted by Crippen LogP contribution is -2.23. The van der Waals surface area contributed by atoms with Gasteiger partial charge in [-0.25, -0.2) is 0 Å². The van der Waals surface area contributed by atoms with Crippen LogP contribution in [-0.4, -0.2) is 6.29 Å². The Labute approximate surface area is 181 Å². The van der Waals surface area contributed by atoms with Crippen molar-refractivity contribution in [3.8, 4) is 11.5 Å². The second-order valence-corrected chi connectivity index (χ2v) is 7.79. The Morgan fingerprint density at radius 1 is 0.467 bits per heavy atom. The molecule has 3 rings (SSSR count). The fraction of sp³-hybridized carbons (Fsp3) is 0.357. The maximum absolute atomic E-state index is 6.10. The van der Waals surface area contributed by atoms with Crippen LogP contribution in [0.25, 0.3) is 0 Å². The third-order valence-electron chi connectivity index (χ3n) is 5.27. The first-order valence-electron chi connectivity index (χ1n) is 11.4. The minimum atomic E-state index is -0.249. The van der Waals surface area contributed by atoms with Gasteiger partial charge in [-0.2, -0.15) is 0 Å². The number of hydrogen-bond donors (Lipinski definition) is 0. The summed E-state index contributed by atoms with van der Waals surface area (Å²) in [4.78, 5) is 0. The Bertz CT molecular complexity index is 745. The van der Waals surface area contributed by atoms with E-state index >= 15 is 0 Å². The number of para-hydroxylation sites is 2. The summed E-state index contributed by atoms with van der Waals surface area (Å²) in [5, 5.41) is 0. The van der Waals surface area contributed by atoms with Gasteiger partial charge in [0.1, 0.15) is 11.5 Å². The maximum Gasteiger partial charge on any atom is 0.241 e. The normalized spacial score (nSPS) is 10.8. The molecule has 0 spiro atoms. The van der Waals surface area contributed by atoms with E-state index in [1.54, 1.807) is 0 Å². The molecule has 0 heterocycles. The number of aryl methyl sites for hydroxylation is 1. The van der Waals surface area contributed by atoms with Crippen LogP contribution in [0.1, 0.15) is 56.9 Å². The van der Waals surface area contributed by atoms with Gasteiger partial charge in [-0.3, -0.25) is 0 Å². The zero-order valence-corrected chi connectivity index (χ0v) is 17.9. The van der Waals surface area contributed by atoms with Crippen molar-refractivity contribution in [1.29, 1.82) is 0 Å². The van der Waals surface area contributed by atoms with Crippen molar-refractivity contribution < 1.29 is 9.47 Å². The number of unbranched alkanes of at least 4 members (excludes halogenated alkanes) is 6. The van der Waals surface area contributed by atoms with Crippen molar-refractivity contribution in [3.05, 3.63) is 96.6 Å². The highest BCUT2D eigenvalue weighted by Crippen LogP contribution is 2.20. The summed E-state index contributed by atoms with van der Waals surface area (Å²) in [6, 6.07) is 30.7. The van der Waals surface area contributed by atoms with Gasteiger partial charge in [0, 0.05) is 6.42 Å². The largest absolute Gasteiger partial charge is 0.455 e. The zero-order chi connectivity index (χ0) is 20.7. The fourth-order valence-corrected chi connectivity index (χ4v) is 3.61. The van der Waals surface area contributed by atoms with Crippen LogP contribution in [0.3, 0.4) is 0 Å². The summed E-state index contributed by atoms with van der Waals surface area (Å²) in [6.45, 7) is 0. The van der Waals surface area contributed by atoms with E-state index in [0.29, 0.717) is 0 Å². The van der Waals surface area contributed by atoms with Crippen molar-refractivity contribution in [3.63, 3.8) is 0 Å². The second-order valence-electron chi connectivity index (χ2n) is 7.79. The molecule has 3 aromatic rings. The molecule has 3 aromatic carbocycles. The van der Waals surface area contributed by atoms with E-state index in [2.05, 4.69) is 30.3 Å². The lowest BCUT2D eigenvalue weighted by atomic mass is 10.0. The monoisotopic (exact) mass is 402 g/mol. The number of hydrogen-bond acceptors (Lipinski definition) is 2. The SMILES string of the molecule is c1ccc(CCCCCCCCCC(Oc2ccccc2)Oc2ccccc2)cc1. The van der Waals surface area contributed by atoms with Crippen LogP contribution in [0.15, 0.2) is 91.0 Å². The van der Waals surface area contributed by atoms with Crippen LogP contribution >= 0.6 is 0 Å². The molecule has 0 bridgehead atoms. The van der Waals surface area contributed by atoms with E-state index in [4.69, 9.17) is 9.47 Å². The van der Waals surface area contributed by atoms with Crippen LogP contribution < -0.4 is 9.47 Å². The summed E-state index contributed by atoms with van der Waals surface area (Å²) < 4.78 is 12.2. The van der Waals surface area contributed by atoms with E-state index in [1.165, 1.54) is 50.5 Å². The van der Waals surface area contributed by atoms with E-state index in [-0.39, 0.29) is 6.29 Å². The molecule has 2 heteroatoms. The minimum Gasteiger partial charge on any atom is -0.455 e. The van der Waals surface area contributed by atoms with Gasteiger partial charge in [0.25, 0.3) is 0 Å². The Morgan fingerprint density at radius 3 is 1.43 bits per heavy atom. The Balaban J connectivity index is 1.30. The Hall–Kier alpha value is -2.74. The zero-order valence-electron chi connectivity index (χ0n) is 17.9. The Kier molecular flexibility index (Phi) is 9.86.